The fraction of sp³-hybridized carbons (Fsp3) is 0.448. The lowest BCUT2D eigenvalue weighted by Gasteiger charge is -2.16. The van der Waals surface area contributed by atoms with Crippen LogP contribution in [0.15, 0.2) is 48.5 Å². The van der Waals surface area contributed by atoms with Crippen LogP contribution in [0.5, 0.6) is 0 Å². The minimum absolute atomic E-state index is 0.0832. The molecule has 41 heavy (non-hydrogen) atoms. The van der Waals surface area contributed by atoms with Crippen molar-refractivity contribution in [2.24, 2.45) is 5.73 Å². The molecule has 0 fully saturated rings. The van der Waals surface area contributed by atoms with Crippen LogP contribution in [0.2, 0.25) is 0 Å². The highest BCUT2D eigenvalue weighted by Gasteiger charge is 2.11. The van der Waals surface area contributed by atoms with Crippen LogP contribution in [-0.2, 0) is 27.2 Å². The maximum atomic E-state index is 13.3. The highest BCUT2D eigenvalue weighted by Crippen LogP contribution is 2.18. The third kappa shape index (κ3) is 12.0. The van der Waals surface area contributed by atoms with Crippen molar-refractivity contribution >= 4 is 29.4 Å². The zero-order chi connectivity index (χ0) is 29.3. The van der Waals surface area contributed by atoms with Gasteiger partial charge in [-0.25, -0.2) is 4.39 Å². The number of amides is 1. The van der Waals surface area contributed by atoms with Crippen LogP contribution in [0.4, 0.5) is 27.9 Å². The molecule has 0 saturated heterocycles. The Hall–Kier alpha value is -3.87. The predicted molar refractivity (Wildman–Crippen MR) is 159 cm³/mol. The van der Waals surface area contributed by atoms with E-state index in [2.05, 4.69) is 50.1 Å². The molecule has 0 aliphatic heterocycles. The zero-order valence-corrected chi connectivity index (χ0v) is 23.8. The second-order valence-electron chi connectivity index (χ2n) is 9.31. The van der Waals surface area contributed by atoms with Crippen molar-refractivity contribution < 1.29 is 18.7 Å². The number of aromatic nitrogens is 3. The number of hydrogen-bond donors (Lipinski definition) is 5. The molecular formula is C29H41FN8O3. The van der Waals surface area contributed by atoms with Crippen LogP contribution < -0.4 is 27.0 Å². The van der Waals surface area contributed by atoms with Gasteiger partial charge in [0.05, 0.1) is 32.8 Å². The Morgan fingerprint density at radius 2 is 1.49 bits per heavy atom. The number of rotatable bonds is 19. The molecule has 1 heterocycles. The average molecular weight is 569 g/mol. The van der Waals surface area contributed by atoms with Crippen molar-refractivity contribution in [3.8, 4) is 0 Å². The van der Waals surface area contributed by atoms with E-state index in [1.54, 1.807) is 12.1 Å². The van der Waals surface area contributed by atoms with E-state index in [4.69, 9.17) is 15.2 Å². The zero-order valence-electron chi connectivity index (χ0n) is 23.8. The van der Waals surface area contributed by atoms with E-state index in [-0.39, 0.29) is 24.2 Å². The molecule has 12 heteroatoms. The minimum Gasteiger partial charge on any atom is -0.378 e. The molecular weight excluding hydrogens is 527 g/mol. The van der Waals surface area contributed by atoms with Crippen LogP contribution >= 0.6 is 0 Å². The highest BCUT2D eigenvalue weighted by atomic mass is 19.1. The molecule has 0 aliphatic rings. The predicted octanol–water partition coefficient (Wildman–Crippen LogP) is 3.62. The van der Waals surface area contributed by atoms with Crippen LogP contribution in [0.25, 0.3) is 0 Å². The van der Waals surface area contributed by atoms with Gasteiger partial charge in [0.15, 0.2) is 0 Å². The number of anilines is 4. The van der Waals surface area contributed by atoms with Gasteiger partial charge in [0, 0.05) is 31.4 Å². The summed E-state index contributed by atoms with van der Waals surface area (Å²) in [5.74, 6) is 0.849. The van der Waals surface area contributed by atoms with Gasteiger partial charge in [0.25, 0.3) is 0 Å². The second-order valence-corrected chi connectivity index (χ2v) is 9.31. The van der Waals surface area contributed by atoms with Gasteiger partial charge in [-0.3, -0.25) is 4.79 Å². The Morgan fingerprint density at radius 1 is 0.854 bits per heavy atom. The summed E-state index contributed by atoms with van der Waals surface area (Å²) in [7, 11) is 0. The normalized spacial score (nSPS) is 11.0. The molecule has 0 spiro atoms. The summed E-state index contributed by atoms with van der Waals surface area (Å²) >= 11 is 0. The fourth-order valence-electron chi connectivity index (χ4n) is 3.79. The van der Waals surface area contributed by atoms with E-state index in [0.717, 1.165) is 29.7 Å². The third-order valence-electron chi connectivity index (χ3n) is 6.10. The summed E-state index contributed by atoms with van der Waals surface area (Å²) in [5.41, 5.74) is 7.90. The van der Waals surface area contributed by atoms with Gasteiger partial charge in [-0.2, -0.15) is 15.0 Å². The SMILES string of the molecule is CCC(CC)Nc1nc(NCc2ccc(F)cc2)nc(Nc2ccc(CC(=O)NCCOCCOCCN)cc2)n1. The quantitative estimate of drug-likeness (QED) is 0.136. The van der Waals surface area contributed by atoms with Crippen molar-refractivity contribution in [3.05, 3.63) is 65.5 Å². The summed E-state index contributed by atoms with van der Waals surface area (Å²) in [6, 6.07) is 14.0. The molecule has 3 aromatic rings. The van der Waals surface area contributed by atoms with Crippen LogP contribution in [0, 0.1) is 5.82 Å². The van der Waals surface area contributed by atoms with Gasteiger partial charge in [0.2, 0.25) is 23.8 Å². The molecule has 222 valence electrons. The molecule has 0 unspecified atom stereocenters. The Labute approximate surface area is 240 Å². The first-order valence-electron chi connectivity index (χ1n) is 14.0. The summed E-state index contributed by atoms with van der Waals surface area (Å²) in [4.78, 5) is 25.9. The Morgan fingerprint density at radius 3 is 2.17 bits per heavy atom. The molecule has 0 saturated carbocycles. The molecule has 3 rings (SSSR count). The fourth-order valence-corrected chi connectivity index (χ4v) is 3.79. The topological polar surface area (TPSA) is 148 Å². The van der Waals surface area contributed by atoms with Gasteiger partial charge in [0.1, 0.15) is 5.82 Å². The molecule has 0 atom stereocenters. The molecule has 11 nitrogen and oxygen atoms in total. The number of carbonyl (C=O) groups is 1. The summed E-state index contributed by atoms with van der Waals surface area (Å²) in [6.45, 7) is 7.43. The van der Waals surface area contributed by atoms with Gasteiger partial charge in [-0.15, -0.1) is 0 Å². The Bertz CT molecular complexity index is 1180. The second kappa shape index (κ2) is 17.7. The number of benzene rings is 2. The summed E-state index contributed by atoms with van der Waals surface area (Å²) in [5, 5.41) is 12.6. The first kappa shape index (κ1) is 31.7. The molecule has 1 amide bonds. The van der Waals surface area contributed by atoms with E-state index < -0.39 is 0 Å². The van der Waals surface area contributed by atoms with E-state index in [1.807, 2.05) is 24.3 Å². The number of halogens is 1. The van der Waals surface area contributed by atoms with E-state index in [1.165, 1.54) is 12.1 Å². The van der Waals surface area contributed by atoms with Gasteiger partial charge >= 0.3 is 0 Å². The molecule has 1 aromatic heterocycles. The number of ether oxygens (including phenoxy) is 2. The largest absolute Gasteiger partial charge is 0.378 e. The summed E-state index contributed by atoms with van der Waals surface area (Å²) in [6.07, 6.45) is 2.11. The number of nitrogens with two attached hydrogens (primary N) is 1. The molecule has 0 radical (unpaired) electrons. The van der Waals surface area contributed by atoms with Crippen molar-refractivity contribution in [2.45, 2.75) is 45.7 Å². The number of nitrogens with one attached hydrogen (secondary N) is 4. The molecule has 0 aliphatic carbocycles. The standard InChI is InChI=1S/C29H41FN8O3/c1-3-24(4-2)34-28-36-27(33-20-22-5-9-23(30)10-6-22)37-29(38-28)35-25-11-7-21(8-12-25)19-26(39)32-14-16-41-18-17-40-15-13-31/h5-12,24H,3-4,13-20,31H2,1-2H3,(H,32,39)(H3,33,34,35,36,37,38). The van der Waals surface area contributed by atoms with Crippen LogP contribution in [0.3, 0.4) is 0 Å². The van der Waals surface area contributed by atoms with Gasteiger partial charge in [-0.1, -0.05) is 38.1 Å². The van der Waals surface area contributed by atoms with E-state index in [9.17, 15) is 9.18 Å². The Balaban J connectivity index is 1.55. The minimum atomic E-state index is -0.283. The lowest BCUT2D eigenvalue weighted by Crippen LogP contribution is -2.29. The number of hydrogen-bond acceptors (Lipinski definition) is 10. The highest BCUT2D eigenvalue weighted by molar-refractivity contribution is 5.78. The van der Waals surface area contributed by atoms with E-state index >= 15 is 0 Å². The monoisotopic (exact) mass is 568 g/mol. The molecule has 2 aromatic carbocycles. The van der Waals surface area contributed by atoms with Gasteiger partial charge < -0.3 is 36.5 Å². The average Bonchev–Trinajstić information content (AvgIpc) is 2.98. The Kier molecular flexibility index (Phi) is 13.7. The summed E-state index contributed by atoms with van der Waals surface area (Å²) < 4.78 is 23.9. The smallest absolute Gasteiger partial charge is 0.233 e. The molecule has 6 N–H and O–H groups in total. The maximum Gasteiger partial charge on any atom is 0.233 e. The van der Waals surface area contributed by atoms with Crippen LogP contribution in [-0.4, -0.2) is 66.4 Å². The van der Waals surface area contributed by atoms with Crippen LogP contribution in [0.1, 0.15) is 37.8 Å². The van der Waals surface area contributed by atoms with Gasteiger partial charge in [-0.05, 0) is 48.2 Å². The first-order valence-corrected chi connectivity index (χ1v) is 14.0. The first-order chi connectivity index (χ1) is 20.0. The maximum absolute atomic E-state index is 13.3. The van der Waals surface area contributed by atoms with E-state index in [0.29, 0.717) is 63.9 Å². The number of nitrogens with zero attached hydrogens (tertiary/aromatic N) is 3. The number of carbonyl (C=O) groups excluding carboxylic acids is 1. The molecule has 0 bridgehead atoms. The lowest BCUT2D eigenvalue weighted by molar-refractivity contribution is -0.120. The van der Waals surface area contributed by atoms with Crippen molar-refractivity contribution in [1.82, 2.24) is 20.3 Å². The van der Waals surface area contributed by atoms with Crippen molar-refractivity contribution in [3.63, 3.8) is 0 Å². The van der Waals surface area contributed by atoms with Crippen molar-refractivity contribution in [2.75, 3.05) is 55.5 Å². The van der Waals surface area contributed by atoms with Crippen molar-refractivity contribution in [1.29, 1.82) is 0 Å². The third-order valence-corrected chi connectivity index (χ3v) is 6.10. The lowest BCUT2D eigenvalue weighted by atomic mass is 10.1.